The highest BCUT2D eigenvalue weighted by Crippen LogP contribution is 2.17. The zero-order chi connectivity index (χ0) is 26.5. The molecule has 0 aliphatic rings. The standard InChI is InChI=1S/C31H52N2O3.ClH/c1-4-5-6-7-8-9-10-11-12-13-14-15-16-17-18-19-26-33(2,3)27-28-20-22-29(23-21-28)32-30(34)24-25-31(35)36;/h20-25H,4-19,26-27H2,1-3H3,(H-,32,34,35,36);1H. The van der Waals surface area contributed by atoms with Gasteiger partial charge in [0, 0.05) is 23.4 Å². The molecule has 0 bridgehead atoms. The molecule has 0 spiro atoms. The molecule has 1 aromatic carbocycles. The fourth-order valence-electron chi connectivity index (χ4n) is 4.69. The summed E-state index contributed by atoms with van der Waals surface area (Å²) in [5, 5.41) is 11.3. The predicted molar refractivity (Wildman–Crippen MR) is 152 cm³/mol. The third-order valence-electron chi connectivity index (χ3n) is 6.83. The number of unbranched alkanes of at least 4 members (excludes halogenated alkanes) is 15. The number of aliphatic carboxylic acids is 1. The molecule has 0 atom stereocenters. The average Bonchev–Trinajstić information content (AvgIpc) is 2.83. The summed E-state index contributed by atoms with van der Waals surface area (Å²) in [6, 6.07) is 7.81. The van der Waals surface area contributed by atoms with Crippen LogP contribution in [0.4, 0.5) is 5.69 Å². The van der Waals surface area contributed by atoms with Crippen LogP contribution < -0.4 is 17.7 Å². The maximum absolute atomic E-state index is 11.7. The Hall–Kier alpha value is -1.85. The first-order valence-electron chi connectivity index (χ1n) is 14.5. The first-order chi connectivity index (χ1) is 17.3. The van der Waals surface area contributed by atoms with Crippen LogP contribution in [0.1, 0.15) is 115 Å². The quantitative estimate of drug-likeness (QED) is 0.123. The summed E-state index contributed by atoms with van der Waals surface area (Å²) < 4.78 is 0.950. The molecule has 0 radical (unpaired) electrons. The van der Waals surface area contributed by atoms with E-state index in [4.69, 9.17) is 5.11 Å². The Bertz CT molecular complexity index is 747. The Balaban J connectivity index is 0.0000130. The molecule has 0 aliphatic carbocycles. The van der Waals surface area contributed by atoms with Crippen molar-refractivity contribution in [1.29, 1.82) is 0 Å². The second-order valence-electron chi connectivity index (χ2n) is 11.0. The van der Waals surface area contributed by atoms with E-state index >= 15 is 0 Å². The molecule has 0 fully saturated rings. The summed E-state index contributed by atoms with van der Waals surface area (Å²) in [5.74, 6) is -1.57. The van der Waals surface area contributed by atoms with E-state index < -0.39 is 11.9 Å². The van der Waals surface area contributed by atoms with Crippen LogP contribution in [-0.2, 0) is 16.1 Å². The minimum atomic E-state index is -1.13. The highest BCUT2D eigenvalue weighted by molar-refractivity contribution is 6.02. The maximum Gasteiger partial charge on any atom is 0.328 e. The predicted octanol–water partition coefficient (Wildman–Crippen LogP) is 5.11. The van der Waals surface area contributed by atoms with E-state index in [1.165, 1.54) is 108 Å². The number of rotatable bonds is 22. The van der Waals surface area contributed by atoms with Crippen LogP contribution in [0.25, 0.3) is 0 Å². The number of carboxylic acids is 1. The number of amides is 1. The zero-order valence-corrected chi connectivity index (χ0v) is 24.5. The number of quaternary nitrogens is 1. The molecule has 5 nitrogen and oxygen atoms in total. The Morgan fingerprint density at radius 2 is 1.16 bits per heavy atom. The van der Waals surface area contributed by atoms with Gasteiger partial charge in [-0.15, -0.1) is 0 Å². The molecule has 1 rings (SSSR count). The Morgan fingerprint density at radius 1 is 0.730 bits per heavy atom. The molecule has 1 amide bonds. The lowest BCUT2D eigenvalue weighted by Gasteiger charge is -2.30. The summed E-state index contributed by atoms with van der Waals surface area (Å²) in [5.41, 5.74) is 1.90. The van der Waals surface area contributed by atoms with Crippen LogP contribution in [0.2, 0.25) is 0 Å². The second kappa shape index (κ2) is 22.2. The lowest BCUT2D eigenvalue weighted by Crippen LogP contribution is -3.00. The smallest absolute Gasteiger partial charge is 0.328 e. The molecule has 1 aromatic rings. The van der Waals surface area contributed by atoms with Crippen molar-refractivity contribution in [3.63, 3.8) is 0 Å². The number of hydrogen-bond donors (Lipinski definition) is 2. The molecular weight excluding hydrogens is 484 g/mol. The molecule has 0 saturated heterocycles. The van der Waals surface area contributed by atoms with Gasteiger partial charge in [-0.3, -0.25) is 4.79 Å². The van der Waals surface area contributed by atoms with Crippen molar-refractivity contribution in [2.24, 2.45) is 0 Å². The summed E-state index contributed by atoms with van der Waals surface area (Å²) in [6.45, 7) is 4.40. The van der Waals surface area contributed by atoms with Gasteiger partial charge in [0.15, 0.2) is 0 Å². The summed E-state index contributed by atoms with van der Waals surface area (Å²) in [7, 11) is 4.55. The van der Waals surface area contributed by atoms with E-state index in [0.29, 0.717) is 5.69 Å². The highest BCUT2D eigenvalue weighted by atomic mass is 35.5. The van der Waals surface area contributed by atoms with Crippen LogP contribution in [0.15, 0.2) is 36.4 Å². The fraction of sp³-hybridized carbons (Fsp3) is 0.677. The SMILES string of the molecule is CCCCCCCCCCCCCCCCCC[N+](C)(C)Cc1ccc(NC(=O)C=CC(=O)O)cc1.[Cl-]. The number of anilines is 1. The van der Waals surface area contributed by atoms with Crippen molar-refractivity contribution in [3.8, 4) is 0 Å². The molecule has 0 aromatic heterocycles. The van der Waals surface area contributed by atoms with E-state index in [9.17, 15) is 9.59 Å². The lowest BCUT2D eigenvalue weighted by atomic mass is 10.0. The minimum Gasteiger partial charge on any atom is -1.00 e. The minimum absolute atomic E-state index is 0. The van der Waals surface area contributed by atoms with E-state index in [-0.39, 0.29) is 12.4 Å². The van der Waals surface area contributed by atoms with Gasteiger partial charge < -0.3 is 27.3 Å². The molecule has 0 heterocycles. The summed E-state index contributed by atoms with van der Waals surface area (Å²) in [4.78, 5) is 22.2. The Morgan fingerprint density at radius 3 is 1.59 bits per heavy atom. The van der Waals surface area contributed by atoms with Crippen LogP contribution >= 0.6 is 0 Å². The molecular formula is C31H53ClN2O3. The molecule has 37 heavy (non-hydrogen) atoms. The second-order valence-corrected chi connectivity index (χ2v) is 11.0. The van der Waals surface area contributed by atoms with Gasteiger partial charge in [-0.05, 0) is 25.0 Å². The van der Waals surface area contributed by atoms with Crippen LogP contribution in [0.5, 0.6) is 0 Å². The fourth-order valence-corrected chi connectivity index (χ4v) is 4.69. The van der Waals surface area contributed by atoms with E-state index in [1.54, 1.807) is 0 Å². The van der Waals surface area contributed by atoms with Crippen molar-refractivity contribution < 1.29 is 31.6 Å². The summed E-state index contributed by atoms with van der Waals surface area (Å²) >= 11 is 0. The highest BCUT2D eigenvalue weighted by Gasteiger charge is 2.15. The maximum atomic E-state index is 11.7. The van der Waals surface area contributed by atoms with Gasteiger partial charge in [-0.2, -0.15) is 0 Å². The monoisotopic (exact) mass is 536 g/mol. The first kappa shape index (κ1) is 35.2. The number of halogens is 1. The normalized spacial score (nSPS) is 11.4. The average molecular weight is 537 g/mol. The van der Waals surface area contributed by atoms with Crippen molar-refractivity contribution in [1.82, 2.24) is 0 Å². The number of nitrogens with one attached hydrogen (secondary N) is 1. The van der Waals surface area contributed by atoms with Gasteiger partial charge in [0.05, 0.1) is 20.6 Å². The number of nitrogens with zero attached hydrogens (tertiary/aromatic N) is 1. The van der Waals surface area contributed by atoms with Crippen molar-refractivity contribution >= 4 is 17.6 Å². The van der Waals surface area contributed by atoms with Crippen molar-refractivity contribution in [2.45, 2.75) is 116 Å². The molecule has 2 N–H and O–H groups in total. The number of carbonyl (C=O) groups excluding carboxylic acids is 1. The van der Waals surface area contributed by atoms with Gasteiger partial charge in [0.25, 0.3) is 0 Å². The number of benzene rings is 1. The van der Waals surface area contributed by atoms with Crippen LogP contribution in [0, 0.1) is 0 Å². The first-order valence-corrected chi connectivity index (χ1v) is 14.5. The van der Waals surface area contributed by atoms with Crippen LogP contribution in [0.3, 0.4) is 0 Å². The Labute approximate surface area is 233 Å². The summed E-state index contributed by atoms with van der Waals surface area (Å²) in [6.07, 6.45) is 24.2. The van der Waals surface area contributed by atoms with Gasteiger partial charge in [0.1, 0.15) is 6.54 Å². The third-order valence-corrected chi connectivity index (χ3v) is 6.83. The zero-order valence-electron chi connectivity index (χ0n) is 23.8. The van der Waals surface area contributed by atoms with Gasteiger partial charge in [-0.25, -0.2) is 4.79 Å². The molecule has 212 valence electrons. The Kier molecular flexibility index (Phi) is 21.1. The lowest BCUT2D eigenvalue weighted by molar-refractivity contribution is -0.903. The van der Waals surface area contributed by atoms with E-state index in [0.717, 1.165) is 29.7 Å². The van der Waals surface area contributed by atoms with Gasteiger partial charge in [0.2, 0.25) is 5.91 Å². The van der Waals surface area contributed by atoms with E-state index in [2.05, 4.69) is 26.3 Å². The van der Waals surface area contributed by atoms with E-state index in [1.807, 2.05) is 24.3 Å². The number of carboxylic acid groups (broad SMARTS) is 1. The van der Waals surface area contributed by atoms with Crippen molar-refractivity contribution in [2.75, 3.05) is 26.0 Å². The topological polar surface area (TPSA) is 66.4 Å². The number of hydrogen-bond acceptors (Lipinski definition) is 2. The van der Waals surface area contributed by atoms with Gasteiger partial charge in [-0.1, -0.05) is 109 Å². The molecule has 0 aliphatic heterocycles. The van der Waals surface area contributed by atoms with Gasteiger partial charge >= 0.3 is 5.97 Å². The molecule has 0 unspecified atom stereocenters. The molecule has 6 heteroatoms. The third kappa shape index (κ3) is 20.8. The largest absolute Gasteiger partial charge is 1.00 e. The van der Waals surface area contributed by atoms with Crippen molar-refractivity contribution in [3.05, 3.63) is 42.0 Å². The van der Waals surface area contributed by atoms with Crippen LogP contribution in [-0.4, -0.2) is 42.1 Å². The number of carbonyl (C=O) groups is 2. The molecule has 0 saturated carbocycles.